The van der Waals surface area contributed by atoms with Crippen LogP contribution in [0.25, 0.3) is 0 Å². The molecule has 0 aliphatic heterocycles. The summed E-state index contributed by atoms with van der Waals surface area (Å²) in [6, 6.07) is 2.78. The first-order valence-corrected chi connectivity index (χ1v) is 8.83. The second-order valence-corrected chi connectivity index (χ2v) is 6.86. The van der Waals surface area contributed by atoms with Crippen LogP contribution >= 0.6 is 0 Å². The number of nitrogens with zero attached hydrogens (tertiary/aromatic N) is 1. The summed E-state index contributed by atoms with van der Waals surface area (Å²) in [5.41, 5.74) is 1.74. The normalized spacial score (nSPS) is 12.1. The number of methoxy groups -OCH3 is 1. The van der Waals surface area contributed by atoms with Crippen LogP contribution < -0.4 is 0 Å². The predicted molar refractivity (Wildman–Crippen MR) is 99.5 cm³/mol. The van der Waals surface area contributed by atoms with Crippen LogP contribution in [0.5, 0.6) is 0 Å². The summed E-state index contributed by atoms with van der Waals surface area (Å²) in [5, 5.41) is 0. The standard InChI is InChI=1S/C20H26N2O5/c1-11(2)19(24)22(10-15-8-7-9-27-15)14(5)18(23)16-12(3)17(20(25)26-6)21-13(16)4/h7-9,11,14,21H,10H2,1-6H3/t14-/m1/s1. The Kier molecular flexibility index (Phi) is 6.25. The summed E-state index contributed by atoms with van der Waals surface area (Å²) < 4.78 is 10.1. The Morgan fingerprint density at radius 3 is 2.41 bits per heavy atom. The molecule has 0 saturated heterocycles. The van der Waals surface area contributed by atoms with Gasteiger partial charge in [0, 0.05) is 17.2 Å². The van der Waals surface area contributed by atoms with Crippen LogP contribution in [0.1, 0.15) is 58.6 Å². The molecular weight excluding hydrogens is 348 g/mol. The lowest BCUT2D eigenvalue weighted by Gasteiger charge is -2.29. The molecule has 0 fully saturated rings. The Balaban J connectivity index is 2.38. The third kappa shape index (κ3) is 4.13. The number of H-pyrrole nitrogens is 1. The number of hydrogen-bond acceptors (Lipinski definition) is 5. The van der Waals surface area contributed by atoms with Gasteiger partial charge in [0.15, 0.2) is 5.78 Å². The quantitative estimate of drug-likeness (QED) is 0.593. The van der Waals surface area contributed by atoms with Gasteiger partial charge in [0.2, 0.25) is 5.91 Å². The van der Waals surface area contributed by atoms with Gasteiger partial charge in [0.05, 0.1) is 26.0 Å². The van der Waals surface area contributed by atoms with Crippen molar-refractivity contribution in [2.75, 3.05) is 7.11 Å². The number of carbonyl (C=O) groups excluding carboxylic acids is 3. The molecule has 1 amide bonds. The number of aryl methyl sites for hydroxylation is 1. The molecule has 27 heavy (non-hydrogen) atoms. The number of aromatic amines is 1. The highest BCUT2D eigenvalue weighted by Gasteiger charge is 2.32. The van der Waals surface area contributed by atoms with E-state index in [1.807, 2.05) is 0 Å². The van der Waals surface area contributed by atoms with E-state index in [2.05, 4.69) is 4.98 Å². The van der Waals surface area contributed by atoms with Crippen molar-refractivity contribution in [1.82, 2.24) is 9.88 Å². The lowest BCUT2D eigenvalue weighted by molar-refractivity contribution is -0.136. The average molecular weight is 374 g/mol. The Hall–Kier alpha value is -2.83. The number of nitrogens with one attached hydrogen (secondary N) is 1. The number of esters is 1. The third-order valence-electron chi connectivity index (χ3n) is 4.60. The van der Waals surface area contributed by atoms with E-state index in [1.54, 1.807) is 46.8 Å². The van der Waals surface area contributed by atoms with Gasteiger partial charge in [-0.05, 0) is 38.5 Å². The van der Waals surface area contributed by atoms with Gasteiger partial charge in [-0.25, -0.2) is 4.79 Å². The fourth-order valence-corrected chi connectivity index (χ4v) is 3.08. The van der Waals surface area contributed by atoms with Gasteiger partial charge in [-0.2, -0.15) is 0 Å². The first-order valence-electron chi connectivity index (χ1n) is 8.83. The van der Waals surface area contributed by atoms with Crippen molar-refractivity contribution in [2.24, 2.45) is 5.92 Å². The highest BCUT2D eigenvalue weighted by atomic mass is 16.5. The summed E-state index contributed by atoms with van der Waals surface area (Å²) in [7, 11) is 1.29. The summed E-state index contributed by atoms with van der Waals surface area (Å²) in [4.78, 5) is 42.3. The van der Waals surface area contributed by atoms with Crippen molar-refractivity contribution in [3.8, 4) is 0 Å². The van der Waals surface area contributed by atoms with Gasteiger partial charge >= 0.3 is 5.97 Å². The molecule has 2 rings (SSSR count). The molecule has 7 heteroatoms. The van der Waals surface area contributed by atoms with Gasteiger partial charge in [-0.15, -0.1) is 0 Å². The summed E-state index contributed by atoms with van der Waals surface area (Å²) in [5.74, 6) is -0.591. The van der Waals surface area contributed by atoms with Crippen LogP contribution in [-0.4, -0.2) is 40.7 Å². The van der Waals surface area contributed by atoms with Crippen LogP contribution in [0.15, 0.2) is 22.8 Å². The van der Waals surface area contributed by atoms with E-state index < -0.39 is 12.0 Å². The molecule has 0 aliphatic rings. The summed E-state index contributed by atoms with van der Waals surface area (Å²) in [6.07, 6.45) is 1.53. The Labute approximate surface area is 158 Å². The summed E-state index contributed by atoms with van der Waals surface area (Å²) in [6.45, 7) is 8.88. The van der Waals surface area contributed by atoms with E-state index >= 15 is 0 Å². The minimum absolute atomic E-state index is 0.147. The van der Waals surface area contributed by atoms with E-state index in [1.165, 1.54) is 18.3 Å². The van der Waals surface area contributed by atoms with E-state index in [4.69, 9.17) is 9.15 Å². The minimum atomic E-state index is -0.719. The predicted octanol–water partition coefficient (Wildman–Crippen LogP) is 3.27. The fraction of sp³-hybridized carbons (Fsp3) is 0.450. The fourth-order valence-electron chi connectivity index (χ4n) is 3.08. The SMILES string of the molecule is COC(=O)c1[nH]c(C)c(C(=O)[C@@H](C)N(Cc2ccco2)C(=O)C(C)C)c1C. The number of aromatic nitrogens is 1. The molecule has 0 saturated carbocycles. The van der Waals surface area contributed by atoms with Crippen LogP contribution in [-0.2, 0) is 16.1 Å². The molecule has 0 aromatic carbocycles. The molecule has 0 radical (unpaired) electrons. The summed E-state index contributed by atoms with van der Waals surface area (Å²) >= 11 is 0. The van der Waals surface area contributed by atoms with Gasteiger partial charge < -0.3 is 19.0 Å². The number of ketones is 1. The average Bonchev–Trinajstić information content (AvgIpc) is 3.24. The molecule has 1 atom stereocenters. The highest BCUT2D eigenvalue weighted by molar-refractivity contribution is 6.06. The van der Waals surface area contributed by atoms with E-state index in [0.29, 0.717) is 22.6 Å². The van der Waals surface area contributed by atoms with Gasteiger partial charge in [-0.3, -0.25) is 9.59 Å². The smallest absolute Gasteiger partial charge is 0.354 e. The highest BCUT2D eigenvalue weighted by Crippen LogP contribution is 2.23. The Morgan fingerprint density at radius 2 is 1.89 bits per heavy atom. The number of carbonyl (C=O) groups is 3. The van der Waals surface area contributed by atoms with Gasteiger partial charge in [0.1, 0.15) is 11.5 Å². The number of ether oxygens (including phenoxy) is 1. The second kappa shape index (κ2) is 8.24. The van der Waals surface area contributed by atoms with Crippen LogP contribution in [0.3, 0.4) is 0 Å². The van der Waals surface area contributed by atoms with E-state index in [9.17, 15) is 14.4 Å². The molecule has 2 aromatic rings. The number of Topliss-reactive ketones (excluding diaryl/α,β-unsaturated/α-hetero) is 1. The van der Waals surface area contributed by atoms with Crippen molar-refractivity contribution in [1.29, 1.82) is 0 Å². The number of furan rings is 1. The van der Waals surface area contributed by atoms with Crippen molar-refractivity contribution in [2.45, 2.75) is 47.2 Å². The zero-order valence-corrected chi connectivity index (χ0v) is 16.6. The van der Waals surface area contributed by atoms with Crippen LogP contribution in [0, 0.1) is 19.8 Å². The first kappa shape index (κ1) is 20.5. The maximum atomic E-state index is 13.2. The Bertz CT molecular complexity index is 833. The maximum Gasteiger partial charge on any atom is 0.354 e. The van der Waals surface area contributed by atoms with Crippen LogP contribution in [0.2, 0.25) is 0 Å². The molecular formula is C20H26N2O5. The van der Waals surface area contributed by atoms with Crippen molar-refractivity contribution >= 4 is 17.7 Å². The number of hydrogen-bond donors (Lipinski definition) is 1. The van der Waals surface area contributed by atoms with Crippen molar-refractivity contribution < 1.29 is 23.5 Å². The lowest BCUT2D eigenvalue weighted by atomic mass is 9.99. The molecule has 0 bridgehead atoms. The van der Waals surface area contributed by atoms with E-state index in [-0.39, 0.29) is 29.8 Å². The first-order chi connectivity index (χ1) is 12.7. The lowest BCUT2D eigenvalue weighted by Crippen LogP contribution is -2.44. The third-order valence-corrected chi connectivity index (χ3v) is 4.60. The molecule has 0 spiro atoms. The molecule has 2 heterocycles. The maximum absolute atomic E-state index is 13.2. The van der Waals surface area contributed by atoms with Crippen molar-refractivity contribution in [3.63, 3.8) is 0 Å². The number of rotatable bonds is 7. The molecule has 0 aliphatic carbocycles. The molecule has 2 aromatic heterocycles. The van der Waals surface area contributed by atoms with Gasteiger partial charge in [-0.1, -0.05) is 13.8 Å². The zero-order chi connectivity index (χ0) is 20.3. The topological polar surface area (TPSA) is 92.6 Å². The molecule has 146 valence electrons. The second-order valence-electron chi connectivity index (χ2n) is 6.86. The molecule has 1 N–H and O–H groups in total. The van der Waals surface area contributed by atoms with Crippen LogP contribution in [0.4, 0.5) is 0 Å². The number of amides is 1. The minimum Gasteiger partial charge on any atom is -0.467 e. The zero-order valence-electron chi connectivity index (χ0n) is 16.6. The van der Waals surface area contributed by atoms with Gasteiger partial charge in [0.25, 0.3) is 0 Å². The Morgan fingerprint density at radius 1 is 1.22 bits per heavy atom. The monoisotopic (exact) mass is 374 g/mol. The largest absolute Gasteiger partial charge is 0.467 e. The molecule has 0 unspecified atom stereocenters. The van der Waals surface area contributed by atoms with Crippen molar-refractivity contribution in [3.05, 3.63) is 46.7 Å². The molecule has 7 nitrogen and oxygen atoms in total. The van der Waals surface area contributed by atoms with E-state index in [0.717, 1.165) is 0 Å².